The Labute approximate surface area is 191 Å². The monoisotopic (exact) mass is 451 g/mol. The lowest BCUT2D eigenvalue weighted by Gasteiger charge is -2.23. The van der Waals surface area contributed by atoms with Crippen molar-refractivity contribution in [3.05, 3.63) is 54.6 Å². The van der Waals surface area contributed by atoms with Crippen LogP contribution in [-0.4, -0.2) is 74.1 Å². The van der Waals surface area contributed by atoms with E-state index >= 15 is 0 Å². The van der Waals surface area contributed by atoms with E-state index in [9.17, 15) is 4.21 Å². The minimum atomic E-state index is -1.08. The van der Waals surface area contributed by atoms with E-state index in [1.54, 1.807) is 0 Å². The number of nitrogens with zero attached hydrogens (tertiary/aromatic N) is 1. The molecule has 4 aromatic rings. The fourth-order valence-electron chi connectivity index (χ4n) is 4.49. The highest BCUT2D eigenvalue weighted by atomic mass is 32.2. The number of ether oxygens (including phenoxy) is 3. The van der Waals surface area contributed by atoms with E-state index in [1.807, 2.05) is 6.07 Å². The minimum Gasteiger partial charge on any atom is -0.378 e. The maximum Gasteiger partial charge on any atom is 0.0701 e. The molecule has 168 valence electrons. The highest BCUT2D eigenvalue weighted by Crippen LogP contribution is 2.36. The molecule has 1 aliphatic rings. The van der Waals surface area contributed by atoms with E-state index in [0.717, 1.165) is 29.9 Å². The van der Waals surface area contributed by atoms with E-state index in [4.69, 9.17) is 14.2 Å². The molecule has 0 aliphatic carbocycles. The highest BCUT2D eigenvalue weighted by molar-refractivity contribution is 7.85. The average Bonchev–Trinajstić information content (AvgIpc) is 2.82. The van der Waals surface area contributed by atoms with Gasteiger partial charge in [0.15, 0.2) is 0 Å². The molecule has 0 amide bonds. The molecule has 1 atom stereocenters. The predicted molar refractivity (Wildman–Crippen MR) is 130 cm³/mol. The molecule has 1 heterocycles. The summed E-state index contributed by atoms with van der Waals surface area (Å²) in [5.41, 5.74) is 0. The van der Waals surface area contributed by atoms with E-state index in [-0.39, 0.29) is 0 Å². The second-order valence-electron chi connectivity index (χ2n) is 8.15. The second kappa shape index (κ2) is 10.2. The Kier molecular flexibility index (Phi) is 6.95. The lowest BCUT2D eigenvalue weighted by Crippen LogP contribution is -2.35. The molecule has 5 nitrogen and oxygen atoms in total. The van der Waals surface area contributed by atoms with Gasteiger partial charge in [-0.25, -0.2) is 0 Å². The largest absolute Gasteiger partial charge is 0.378 e. The lowest BCUT2D eigenvalue weighted by molar-refractivity contribution is -0.00505. The molecule has 6 heteroatoms. The molecule has 0 spiro atoms. The zero-order chi connectivity index (χ0) is 21.8. The van der Waals surface area contributed by atoms with Gasteiger partial charge in [0.1, 0.15) is 0 Å². The fraction of sp³-hybridized carbons (Fsp3) is 0.385. The van der Waals surface area contributed by atoms with Crippen LogP contribution >= 0.6 is 0 Å². The smallest absolute Gasteiger partial charge is 0.0701 e. The van der Waals surface area contributed by atoms with Gasteiger partial charge in [0.05, 0.1) is 50.4 Å². The molecule has 0 radical (unpaired) electrons. The van der Waals surface area contributed by atoms with Crippen LogP contribution in [0, 0.1) is 0 Å². The summed E-state index contributed by atoms with van der Waals surface area (Å²) in [6.07, 6.45) is 0. The van der Waals surface area contributed by atoms with E-state index < -0.39 is 10.8 Å². The summed E-state index contributed by atoms with van der Waals surface area (Å²) in [5, 5.41) is 7.25. The molecule has 1 aliphatic heterocycles. The molecule has 0 bridgehead atoms. The van der Waals surface area contributed by atoms with Crippen LogP contribution in [0.5, 0.6) is 0 Å². The van der Waals surface area contributed by atoms with Crippen LogP contribution in [0.1, 0.15) is 0 Å². The summed E-state index contributed by atoms with van der Waals surface area (Å²) in [5.74, 6) is 0.590. The molecule has 4 aromatic carbocycles. The molecule has 1 unspecified atom stereocenters. The van der Waals surface area contributed by atoms with Gasteiger partial charge in [0, 0.05) is 30.3 Å². The molecule has 32 heavy (non-hydrogen) atoms. The van der Waals surface area contributed by atoms with Gasteiger partial charge in [-0.05, 0) is 38.4 Å². The van der Waals surface area contributed by atoms with Crippen molar-refractivity contribution in [2.24, 2.45) is 0 Å². The summed E-state index contributed by atoms with van der Waals surface area (Å²) in [6.45, 7) is 6.05. The van der Waals surface area contributed by atoms with Crippen LogP contribution in [0.4, 0.5) is 0 Å². The Morgan fingerprint density at radius 3 is 1.94 bits per heavy atom. The first-order valence-corrected chi connectivity index (χ1v) is 12.6. The first kappa shape index (κ1) is 21.7. The molecular formula is C26H29NO4S. The van der Waals surface area contributed by atoms with Crippen LogP contribution in [0.2, 0.25) is 0 Å². The summed E-state index contributed by atoms with van der Waals surface area (Å²) < 4.78 is 30.2. The van der Waals surface area contributed by atoms with Gasteiger partial charge in [0.2, 0.25) is 0 Å². The van der Waals surface area contributed by atoms with E-state index in [1.165, 1.54) is 26.9 Å². The molecule has 0 aromatic heterocycles. The van der Waals surface area contributed by atoms with E-state index in [0.29, 0.717) is 45.4 Å². The Morgan fingerprint density at radius 1 is 0.688 bits per heavy atom. The van der Waals surface area contributed by atoms with Gasteiger partial charge in [-0.1, -0.05) is 48.5 Å². The van der Waals surface area contributed by atoms with Crippen molar-refractivity contribution >= 4 is 43.1 Å². The lowest BCUT2D eigenvalue weighted by atomic mass is 9.94. The first-order chi connectivity index (χ1) is 15.8. The Hall–Kier alpha value is -2.09. The summed E-state index contributed by atoms with van der Waals surface area (Å²) in [6, 6.07) is 19.2. The third-order valence-corrected chi connectivity index (χ3v) is 7.57. The quantitative estimate of drug-likeness (QED) is 0.438. The van der Waals surface area contributed by atoms with Crippen LogP contribution in [-0.2, 0) is 25.0 Å². The Morgan fingerprint density at radius 2 is 1.25 bits per heavy atom. The molecular weight excluding hydrogens is 422 g/mol. The zero-order valence-electron chi connectivity index (χ0n) is 18.3. The predicted octanol–water partition coefficient (Wildman–Crippen LogP) is 4.06. The fourth-order valence-corrected chi connectivity index (χ4v) is 5.77. The van der Waals surface area contributed by atoms with Crippen molar-refractivity contribution in [3.63, 3.8) is 0 Å². The first-order valence-electron chi connectivity index (χ1n) is 11.3. The third-order valence-electron chi connectivity index (χ3n) is 6.17. The van der Waals surface area contributed by atoms with Gasteiger partial charge < -0.3 is 14.2 Å². The number of rotatable bonds is 4. The third kappa shape index (κ3) is 4.65. The number of hydrogen-bond donors (Lipinski definition) is 0. The maximum absolute atomic E-state index is 13.4. The molecule has 1 saturated heterocycles. The van der Waals surface area contributed by atoms with Crippen LogP contribution < -0.4 is 0 Å². The highest BCUT2D eigenvalue weighted by Gasteiger charge is 2.15. The molecule has 0 N–H and O–H groups in total. The molecule has 1 fully saturated rings. The SMILES string of the molecule is O=S(CCN1CCOCCOCCOCC1)c1ccc2ccc3cccc4ccc1c2c34. The molecule has 5 rings (SSSR count). The van der Waals surface area contributed by atoms with Crippen molar-refractivity contribution in [1.29, 1.82) is 0 Å². The normalized spacial score (nSPS) is 18.6. The zero-order valence-corrected chi connectivity index (χ0v) is 19.1. The van der Waals surface area contributed by atoms with Gasteiger partial charge >= 0.3 is 0 Å². The minimum absolute atomic E-state index is 0.590. The summed E-state index contributed by atoms with van der Waals surface area (Å²) in [7, 11) is -1.08. The molecule has 0 saturated carbocycles. The van der Waals surface area contributed by atoms with Crippen LogP contribution in [0.15, 0.2) is 59.5 Å². The van der Waals surface area contributed by atoms with Gasteiger partial charge in [0.25, 0.3) is 0 Å². The van der Waals surface area contributed by atoms with Crippen molar-refractivity contribution in [2.45, 2.75) is 4.90 Å². The van der Waals surface area contributed by atoms with Crippen molar-refractivity contribution < 1.29 is 18.4 Å². The average molecular weight is 452 g/mol. The number of hydrogen-bond acceptors (Lipinski definition) is 5. The summed E-state index contributed by atoms with van der Waals surface area (Å²) in [4.78, 5) is 3.21. The number of benzene rings is 4. The van der Waals surface area contributed by atoms with Gasteiger partial charge in [-0.2, -0.15) is 0 Å². The summed E-state index contributed by atoms with van der Waals surface area (Å²) >= 11 is 0. The standard InChI is InChI=1S/C26H29NO4S/c28-32(19-12-27-10-13-29-15-17-31-18-16-30-14-11-27)24-9-7-22-5-4-20-2-1-3-21-6-8-23(24)26(22)25(20)21/h1-9H,10-19H2. The van der Waals surface area contributed by atoms with Crippen LogP contribution in [0.3, 0.4) is 0 Å². The maximum atomic E-state index is 13.4. The van der Waals surface area contributed by atoms with Crippen LogP contribution in [0.25, 0.3) is 32.3 Å². The van der Waals surface area contributed by atoms with E-state index in [2.05, 4.69) is 53.4 Å². The Balaban J connectivity index is 1.35. The Bertz CT molecular complexity index is 1180. The van der Waals surface area contributed by atoms with Gasteiger partial charge in [-0.15, -0.1) is 0 Å². The second-order valence-corrected chi connectivity index (χ2v) is 9.69. The van der Waals surface area contributed by atoms with Crippen molar-refractivity contribution in [1.82, 2.24) is 4.90 Å². The van der Waals surface area contributed by atoms with Crippen molar-refractivity contribution in [3.8, 4) is 0 Å². The van der Waals surface area contributed by atoms with Gasteiger partial charge in [-0.3, -0.25) is 9.11 Å². The topological polar surface area (TPSA) is 48.0 Å². The van der Waals surface area contributed by atoms with Crippen molar-refractivity contribution in [2.75, 3.05) is 65.0 Å².